The Morgan fingerprint density at radius 3 is 2.96 bits per heavy atom. The molecule has 0 aliphatic carbocycles. The van der Waals surface area contributed by atoms with Crippen LogP contribution in [-0.2, 0) is 9.59 Å². The van der Waals surface area contributed by atoms with Crippen molar-refractivity contribution in [3.63, 3.8) is 0 Å². The van der Waals surface area contributed by atoms with Gasteiger partial charge in [-0.3, -0.25) is 9.59 Å². The van der Waals surface area contributed by atoms with E-state index < -0.39 is 6.04 Å². The van der Waals surface area contributed by atoms with Crippen molar-refractivity contribution >= 4 is 40.1 Å². The number of nitrogens with one attached hydrogen (secondary N) is 1. The Morgan fingerprint density at radius 2 is 2.17 bits per heavy atom. The van der Waals surface area contributed by atoms with E-state index in [1.807, 2.05) is 36.4 Å². The van der Waals surface area contributed by atoms with Crippen LogP contribution in [-0.4, -0.2) is 37.8 Å². The highest BCUT2D eigenvalue weighted by molar-refractivity contribution is 8.01. The van der Waals surface area contributed by atoms with Crippen LogP contribution in [0.1, 0.15) is 19.8 Å². The number of hydrogen-bond acceptors (Lipinski definition) is 5. The number of nitrogens with zero attached hydrogens (tertiary/aromatic N) is 2. The SMILES string of the molecule is CC12CCC(=O)N1C(C(=O)Nc1cc(-c3ccccc3)ns1)CS2. The lowest BCUT2D eigenvalue weighted by atomic mass is 10.1. The summed E-state index contributed by atoms with van der Waals surface area (Å²) in [5.74, 6) is 0.611. The highest BCUT2D eigenvalue weighted by atomic mass is 32.2. The van der Waals surface area contributed by atoms with Gasteiger partial charge < -0.3 is 10.2 Å². The van der Waals surface area contributed by atoms with Gasteiger partial charge in [-0.15, -0.1) is 11.8 Å². The molecule has 2 fully saturated rings. The van der Waals surface area contributed by atoms with Crippen molar-refractivity contribution in [2.24, 2.45) is 0 Å². The first-order valence-electron chi connectivity index (χ1n) is 7.86. The quantitative estimate of drug-likeness (QED) is 0.914. The van der Waals surface area contributed by atoms with Gasteiger partial charge in [-0.05, 0) is 24.9 Å². The van der Waals surface area contributed by atoms with Crippen LogP contribution in [0, 0.1) is 0 Å². The second-order valence-corrected chi connectivity index (χ2v) is 8.50. The van der Waals surface area contributed by atoms with E-state index in [1.165, 1.54) is 11.5 Å². The molecule has 2 saturated heterocycles. The van der Waals surface area contributed by atoms with Gasteiger partial charge in [-0.2, -0.15) is 4.37 Å². The average Bonchev–Trinajstić information content (AvgIpc) is 3.25. The summed E-state index contributed by atoms with van der Waals surface area (Å²) in [6, 6.07) is 11.3. The van der Waals surface area contributed by atoms with Gasteiger partial charge in [0.1, 0.15) is 11.0 Å². The van der Waals surface area contributed by atoms with Crippen LogP contribution in [0.5, 0.6) is 0 Å². The number of anilines is 1. The van der Waals surface area contributed by atoms with Crippen LogP contribution in [0.3, 0.4) is 0 Å². The Balaban J connectivity index is 1.49. The second kappa shape index (κ2) is 5.89. The highest BCUT2D eigenvalue weighted by Crippen LogP contribution is 2.47. The van der Waals surface area contributed by atoms with Crippen molar-refractivity contribution in [1.29, 1.82) is 0 Å². The molecule has 2 aliphatic rings. The molecular weight excluding hydrogens is 342 g/mol. The lowest BCUT2D eigenvalue weighted by molar-refractivity contribution is -0.135. The predicted molar refractivity (Wildman–Crippen MR) is 96.9 cm³/mol. The zero-order chi connectivity index (χ0) is 16.7. The van der Waals surface area contributed by atoms with Crippen LogP contribution >= 0.6 is 23.3 Å². The molecule has 0 spiro atoms. The van der Waals surface area contributed by atoms with Gasteiger partial charge in [-0.25, -0.2) is 0 Å². The number of thioether (sulfide) groups is 1. The lowest BCUT2D eigenvalue weighted by Crippen LogP contribution is -2.47. The third-order valence-electron chi connectivity index (χ3n) is 4.57. The molecule has 5 nitrogen and oxygen atoms in total. The Bertz CT molecular complexity index is 792. The van der Waals surface area contributed by atoms with Gasteiger partial charge in [0.15, 0.2) is 0 Å². The van der Waals surface area contributed by atoms with Crippen LogP contribution in [0.15, 0.2) is 36.4 Å². The molecule has 0 bridgehead atoms. The monoisotopic (exact) mass is 359 g/mol. The topological polar surface area (TPSA) is 62.3 Å². The van der Waals surface area contributed by atoms with E-state index >= 15 is 0 Å². The molecule has 7 heteroatoms. The van der Waals surface area contributed by atoms with Gasteiger partial charge in [0.2, 0.25) is 11.8 Å². The molecule has 0 radical (unpaired) electrons. The smallest absolute Gasteiger partial charge is 0.248 e. The van der Waals surface area contributed by atoms with Crippen molar-refractivity contribution < 1.29 is 9.59 Å². The van der Waals surface area contributed by atoms with Gasteiger partial charge in [-0.1, -0.05) is 30.3 Å². The third-order valence-corrected chi connectivity index (χ3v) is 6.78. The maximum atomic E-state index is 12.7. The molecule has 124 valence electrons. The first kappa shape index (κ1) is 15.7. The van der Waals surface area contributed by atoms with E-state index in [0.29, 0.717) is 17.2 Å². The van der Waals surface area contributed by atoms with E-state index in [4.69, 9.17) is 0 Å². The molecule has 2 aliphatic heterocycles. The van der Waals surface area contributed by atoms with Gasteiger partial charge in [0.25, 0.3) is 0 Å². The van der Waals surface area contributed by atoms with E-state index in [2.05, 4.69) is 16.6 Å². The Labute approximate surface area is 148 Å². The zero-order valence-electron chi connectivity index (χ0n) is 13.2. The number of carbonyl (C=O) groups is 2. The standard InChI is InChI=1S/C17H17N3O2S2/c1-17-8-7-15(21)20(17)13(10-23-17)16(22)18-14-9-12(19-24-14)11-5-3-2-4-6-11/h2-6,9,13H,7-8,10H2,1H3,(H,18,22). The number of fused-ring (bicyclic) bond motifs is 1. The fourth-order valence-corrected chi connectivity index (χ4v) is 5.40. The molecule has 4 rings (SSSR count). The molecule has 24 heavy (non-hydrogen) atoms. The second-order valence-electron chi connectivity index (χ2n) is 6.20. The number of rotatable bonds is 3. The molecule has 2 amide bonds. The Kier molecular flexibility index (Phi) is 3.85. The number of hydrogen-bond donors (Lipinski definition) is 1. The van der Waals surface area contributed by atoms with Gasteiger partial charge in [0, 0.05) is 23.8 Å². The zero-order valence-corrected chi connectivity index (χ0v) is 14.8. The van der Waals surface area contributed by atoms with Crippen LogP contribution in [0.2, 0.25) is 0 Å². The number of amides is 2. The molecule has 3 heterocycles. The molecule has 1 N–H and O–H groups in total. The number of carbonyl (C=O) groups excluding carboxylic acids is 2. The molecule has 0 saturated carbocycles. The van der Waals surface area contributed by atoms with Gasteiger partial charge >= 0.3 is 0 Å². The maximum Gasteiger partial charge on any atom is 0.248 e. The summed E-state index contributed by atoms with van der Waals surface area (Å²) in [4.78, 5) is 26.3. The van der Waals surface area contributed by atoms with E-state index in [9.17, 15) is 9.59 Å². The average molecular weight is 359 g/mol. The van der Waals surface area contributed by atoms with Crippen molar-refractivity contribution in [3.05, 3.63) is 36.4 Å². The highest BCUT2D eigenvalue weighted by Gasteiger charge is 2.52. The summed E-state index contributed by atoms with van der Waals surface area (Å²) in [6.45, 7) is 2.05. The lowest BCUT2D eigenvalue weighted by Gasteiger charge is -2.29. The van der Waals surface area contributed by atoms with E-state index in [1.54, 1.807) is 16.7 Å². The fraction of sp³-hybridized carbons (Fsp3) is 0.353. The minimum absolute atomic E-state index is 0.0805. The van der Waals surface area contributed by atoms with Crippen molar-refractivity contribution in [2.75, 3.05) is 11.1 Å². The van der Waals surface area contributed by atoms with E-state index in [0.717, 1.165) is 17.7 Å². The first-order chi connectivity index (χ1) is 11.6. The van der Waals surface area contributed by atoms with Crippen molar-refractivity contribution in [2.45, 2.75) is 30.7 Å². The summed E-state index contributed by atoms with van der Waals surface area (Å²) >= 11 is 2.96. The summed E-state index contributed by atoms with van der Waals surface area (Å²) in [6.07, 6.45) is 1.35. The normalized spacial score (nSPS) is 25.8. The Morgan fingerprint density at radius 1 is 1.38 bits per heavy atom. The Hall–Kier alpha value is -1.86. The minimum Gasteiger partial charge on any atom is -0.315 e. The largest absolute Gasteiger partial charge is 0.315 e. The summed E-state index contributed by atoms with van der Waals surface area (Å²) in [5, 5.41) is 3.65. The molecule has 2 unspecified atom stereocenters. The number of benzene rings is 1. The first-order valence-corrected chi connectivity index (χ1v) is 9.62. The summed E-state index contributed by atoms with van der Waals surface area (Å²) in [5.41, 5.74) is 1.87. The predicted octanol–water partition coefficient (Wildman–Crippen LogP) is 3.20. The summed E-state index contributed by atoms with van der Waals surface area (Å²) < 4.78 is 4.40. The van der Waals surface area contributed by atoms with Crippen molar-refractivity contribution in [3.8, 4) is 11.3 Å². The van der Waals surface area contributed by atoms with Crippen LogP contribution < -0.4 is 5.32 Å². The minimum atomic E-state index is -0.391. The molecular formula is C17H17N3O2S2. The van der Waals surface area contributed by atoms with Crippen LogP contribution in [0.25, 0.3) is 11.3 Å². The van der Waals surface area contributed by atoms with Crippen LogP contribution in [0.4, 0.5) is 5.00 Å². The third kappa shape index (κ3) is 2.61. The molecule has 1 aromatic heterocycles. The molecule has 2 atom stereocenters. The maximum absolute atomic E-state index is 12.7. The molecule has 1 aromatic carbocycles. The van der Waals surface area contributed by atoms with E-state index in [-0.39, 0.29) is 16.7 Å². The summed E-state index contributed by atoms with van der Waals surface area (Å²) in [7, 11) is 0. The fourth-order valence-electron chi connectivity index (χ4n) is 3.30. The van der Waals surface area contributed by atoms with Gasteiger partial charge in [0.05, 0.1) is 10.6 Å². The number of aromatic nitrogens is 1. The van der Waals surface area contributed by atoms with Crippen molar-refractivity contribution in [1.82, 2.24) is 9.27 Å². The molecule has 2 aromatic rings.